The summed E-state index contributed by atoms with van der Waals surface area (Å²) in [6, 6.07) is 11.0. The molecule has 0 spiro atoms. The van der Waals surface area contributed by atoms with E-state index in [9.17, 15) is 13.6 Å². The fourth-order valence-corrected chi connectivity index (χ4v) is 8.60. The molecule has 0 bridgehead atoms. The first-order valence-corrected chi connectivity index (χ1v) is 16.8. The van der Waals surface area contributed by atoms with Crippen molar-refractivity contribution in [1.82, 2.24) is 19.8 Å². The Bertz CT molecular complexity index is 1590. The predicted molar refractivity (Wildman–Crippen MR) is 172 cm³/mol. The van der Waals surface area contributed by atoms with Crippen LogP contribution in [0.2, 0.25) is 0 Å². The molecule has 1 aromatic heterocycles. The molecule has 3 heterocycles. The number of alkyl carbamates (subject to hydrolysis) is 1. The Morgan fingerprint density at radius 3 is 2.51 bits per heavy atom. The quantitative estimate of drug-likeness (QED) is 0.288. The minimum Gasteiger partial charge on any atom is -0.446 e. The number of amides is 1. The van der Waals surface area contributed by atoms with E-state index in [1.807, 2.05) is 18.5 Å². The van der Waals surface area contributed by atoms with Crippen LogP contribution in [0.3, 0.4) is 0 Å². The maximum Gasteiger partial charge on any atom is 0.407 e. The maximum absolute atomic E-state index is 15.0. The number of carbonyl (C=O) groups is 1. The Morgan fingerprint density at radius 1 is 1.11 bits per heavy atom. The first-order chi connectivity index (χ1) is 22.7. The summed E-state index contributed by atoms with van der Waals surface area (Å²) in [6.07, 6.45) is 8.16. The lowest BCUT2D eigenvalue weighted by Gasteiger charge is -2.51. The zero-order valence-corrected chi connectivity index (χ0v) is 27.1. The summed E-state index contributed by atoms with van der Waals surface area (Å²) in [6.45, 7) is 6.30. The highest BCUT2D eigenvalue weighted by Crippen LogP contribution is 2.52. The molecule has 2 saturated heterocycles. The second kappa shape index (κ2) is 14.0. The van der Waals surface area contributed by atoms with E-state index in [-0.39, 0.29) is 40.9 Å². The van der Waals surface area contributed by atoms with Crippen molar-refractivity contribution in [2.75, 3.05) is 44.7 Å². The number of rotatable bonds is 10. The fourth-order valence-electron chi connectivity index (χ4n) is 8.60. The molecule has 250 valence electrons. The first kappa shape index (κ1) is 32.9. The summed E-state index contributed by atoms with van der Waals surface area (Å²) in [5, 5.41) is 11.6. The molecule has 2 unspecified atom stereocenters. The van der Waals surface area contributed by atoms with Crippen LogP contribution in [0.25, 0.3) is 0 Å². The van der Waals surface area contributed by atoms with Crippen LogP contribution in [0.5, 0.6) is 0 Å². The molecular weight excluding hydrogens is 605 g/mol. The van der Waals surface area contributed by atoms with Crippen LogP contribution in [0.15, 0.2) is 48.8 Å². The number of carbonyl (C=O) groups excluding carboxylic acids is 1. The second-order valence-electron chi connectivity index (χ2n) is 13.4. The lowest BCUT2D eigenvalue weighted by atomic mass is 9.58. The van der Waals surface area contributed by atoms with E-state index in [2.05, 4.69) is 26.7 Å². The Labute approximate surface area is 274 Å². The first-order valence-electron chi connectivity index (χ1n) is 16.8. The van der Waals surface area contributed by atoms with Gasteiger partial charge >= 0.3 is 6.09 Å². The minimum atomic E-state index is -0.704. The van der Waals surface area contributed by atoms with Gasteiger partial charge in [-0.25, -0.2) is 22.9 Å². The summed E-state index contributed by atoms with van der Waals surface area (Å²) in [5.74, 6) is -0.277. The van der Waals surface area contributed by atoms with E-state index in [0.29, 0.717) is 19.6 Å². The van der Waals surface area contributed by atoms with E-state index < -0.39 is 23.1 Å². The Kier molecular flexibility index (Phi) is 9.78. The summed E-state index contributed by atoms with van der Waals surface area (Å²) in [7, 11) is 1.57. The number of nitriles is 1. The van der Waals surface area contributed by atoms with Crippen LogP contribution in [-0.4, -0.2) is 66.4 Å². The van der Waals surface area contributed by atoms with Crippen molar-refractivity contribution in [3.63, 3.8) is 0 Å². The molecule has 8 nitrogen and oxygen atoms in total. The molecule has 1 amide bonds. The third-order valence-corrected chi connectivity index (χ3v) is 10.7. The standard InChI is InChI=1S/C36H43F3N6O2/c1-3-33-42-12-15-44(33)23-36(27-6-4-7-28(37)18-27,29-8-5-9-32(29)47-35(46)41-2)26-10-13-43(14-11-26)20-25-21-45(22-25)34-30(38)16-24(19-40)17-31(34)39/h4,6-7,12,15-18,25-26,29,32H,3,5,8-11,13-14,20-23H2,1-2H3,(H,41,46)/t29?,32-,36?/m0/s1. The lowest BCUT2D eigenvalue weighted by molar-refractivity contribution is 0.00160. The number of ether oxygens (including phenoxy) is 1. The van der Waals surface area contributed by atoms with Crippen LogP contribution < -0.4 is 10.2 Å². The van der Waals surface area contributed by atoms with Crippen molar-refractivity contribution in [2.45, 2.75) is 63.5 Å². The molecular formula is C36H43F3N6O2. The fraction of sp³-hybridized carbons (Fsp3) is 0.528. The van der Waals surface area contributed by atoms with Crippen molar-refractivity contribution < 1.29 is 22.7 Å². The normalized spacial score (nSPS) is 22.0. The summed E-state index contributed by atoms with van der Waals surface area (Å²) >= 11 is 0. The lowest BCUT2D eigenvalue weighted by Crippen LogP contribution is -2.55. The zero-order valence-electron chi connectivity index (χ0n) is 27.1. The number of nitrogens with zero attached hydrogens (tertiary/aromatic N) is 5. The number of aromatic nitrogens is 2. The van der Waals surface area contributed by atoms with Crippen molar-refractivity contribution in [3.05, 3.63) is 83.2 Å². The average Bonchev–Trinajstić information content (AvgIpc) is 3.71. The number of benzene rings is 2. The van der Waals surface area contributed by atoms with Gasteiger partial charge in [0.1, 0.15) is 23.4 Å². The van der Waals surface area contributed by atoms with E-state index >= 15 is 4.39 Å². The van der Waals surface area contributed by atoms with Crippen molar-refractivity contribution in [1.29, 1.82) is 5.26 Å². The molecule has 47 heavy (non-hydrogen) atoms. The molecule has 1 saturated carbocycles. The van der Waals surface area contributed by atoms with Gasteiger partial charge in [-0.1, -0.05) is 19.1 Å². The van der Waals surface area contributed by atoms with Crippen LogP contribution in [0, 0.1) is 46.5 Å². The van der Waals surface area contributed by atoms with Gasteiger partial charge in [-0.2, -0.15) is 5.26 Å². The second-order valence-corrected chi connectivity index (χ2v) is 13.4. The number of hydrogen-bond donors (Lipinski definition) is 1. The summed E-state index contributed by atoms with van der Waals surface area (Å²) in [5.41, 5.74) is 0.340. The topological polar surface area (TPSA) is 86.4 Å². The number of likely N-dealkylation sites (tertiary alicyclic amines) is 1. The molecule has 2 aliphatic heterocycles. The molecule has 11 heteroatoms. The van der Waals surface area contributed by atoms with Crippen molar-refractivity contribution in [2.24, 2.45) is 17.8 Å². The van der Waals surface area contributed by atoms with Gasteiger partial charge in [0.05, 0.1) is 11.6 Å². The number of piperidine rings is 1. The predicted octanol–water partition coefficient (Wildman–Crippen LogP) is 6.05. The molecule has 1 aliphatic carbocycles. The van der Waals surface area contributed by atoms with Gasteiger partial charge in [-0.15, -0.1) is 0 Å². The molecule has 1 N–H and O–H groups in total. The van der Waals surface area contributed by atoms with E-state index in [1.54, 1.807) is 30.1 Å². The highest BCUT2D eigenvalue weighted by molar-refractivity contribution is 5.67. The van der Waals surface area contributed by atoms with Crippen LogP contribution in [0.1, 0.15) is 56.0 Å². The number of nitrogens with one attached hydrogen (secondary N) is 1. The van der Waals surface area contributed by atoms with E-state index in [0.717, 1.165) is 81.7 Å². The molecule has 0 radical (unpaired) electrons. The molecule has 3 atom stereocenters. The van der Waals surface area contributed by atoms with Crippen LogP contribution in [-0.2, 0) is 23.1 Å². The highest BCUT2D eigenvalue weighted by Gasteiger charge is 2.53. The van der Waals surface area contributed by atoms with Gasteiger partial charge in [0.2, 0.25) is 0 Å². The number of aryl methyl sites for hydroxylation is 1. The summed E-state index contributed by atoms with van der Waals surface area (Å²) in [4.78, 5) is 21.3. The van der Waals surface area contributed by atoms with Gasteiger partial charge in [-0.3, -0.25) is 0 Å². The Morgan fingerprint density at radius 2 is 1.85 bits per heavy atom. The Balaban J connectivity index is 1.23. The average molecular weight is 649 g/mol. The SMILES string of the molecule is CCc1nccn1CC(c1cccc(F)c1)(C1CCN(CC2CN(c3c(F)cc(C#N)cc3F)C2)CC1)C1CCC[C@@H]1OC(=O)NC. The van der Waals surface area contributed by atoms with Gasteiger partial charge in [0, 0.05) is 69.3 Å². The van der Waals surface area contributed by atoms with Crippen LogP contribution in [0.4, 0.5) is 23.7 Å². The molecule has 3 fully saturated rings. The van der Waals surface area contributed by atoms with Gasteiger partial charge in [0.15, 0.2) is 11.6 Å². The van der Waals surface area contributed by atoms with Crippen molar-refractivity contribution >= 4 is 11.8 Å². The number of anilines is 1. The molecule has 6 rings (SSSR count). The molecule has 3 aromatic rings. The number of imidazole rings is 1. The van der Waals surface area contributed by atoms with Crippen LogP contribution >= 0.6 is 0 Å². The number of hydrogen-bond acceptors (Lipinski definition) is 6. The van der Waals surface area contributed by atoms with Gasteiger partial charge in [-0.05, 0) is 80.9 Å². The third-order valence-electron chi connectivity index (χ3n) is 10.7. The smallest absolute Gasteiger partial charge is 0.407 e. The zero-order chi connectivity index (χ0) is 33.1. The van der Waals surface area contributed by atoms with Crippen molar-refractivity contribution in [3.8, 4) is 6.07 Å². The molecule has 2 aromatic carbocycles. The number of halogens is 3. The largest absolute Gasteiger partial charge is 0.446 e. The van der Waals surface area contributed by atoms with Gasteiger partial charge < -0.3 is 24.4 Å². The Hall–Kier alpha value is -4.04. The van der Waals surface area contributed by atoms with Gasteiger partial charge in [0.25, 0.3) is 0 Å². The highest BCUT2D eigenvalue weighted by atomic mass is 19.1. The maximum atomic E-state index is 15.0. The third kappa shape index (κ3) is 6.57. The monoisotopic (exact) mass is 648 g/mol. The van der Waals surface area contributed by atoms with E-state index in [4.69, 9.17) is 10.00 Å². The molecule has 3 aliphatic rings. The van der Waals surface area contributed by atoms with E-state index in [1.165, 1.54) is 6.07 Å². The minimum absolute atomic E-state index is 0.0114. The summed E-state index contributed by atoms with van der Waals surface area (Å²) < 4.78 is 52.5.